The average molecular weight is 367 g/mol. The molecule has 26 heavy (non-hydrogen) atoms. The Bertz CT molecular complexity index is 797. The van der Waals surface area contributed by atoms with E-state index in [4.69, 9.17) is 0 Å². The molecule has 138 valence electrons. The quantitative estimate of drug-likeness (QED) is 0.627. The minimum Gasteiger partial charge on any atom is -0.466 e. The Morgan fingerprint density at radius 2 is 1.77 bits per heavy atom. The maximum Gasteiger partial charge on any atom is 0.441 e. The number of nitrogens with one attached hydrogen (secondary N) is 2. The molecular formula is C17H16F3N3O3. The second-order valence-corrected chi connectivity index (χ2v) is 5.40. The van der Waals surface area contributed by atoms with Gasteiger partial charge in [0.25, 0.3) is 5.91 Å². The Hall–Kier alpha value is -3.10. The van der Waals surface area contributed by atoms with Gasteiger partial charge in [0.1, 0.15) is 5.82 Å². The fourth-order valence-corrected chi connectivity index (χ4v) is 2.17. The number of rotatable bonds is 5. The zero-order valence-corrected chi connectivity index (χ0v) is 13.9. The first kappa shape index (κ1) is 19.2. The van der Waals surface area contributed by atoms with Crippen LogP contribution in [-0.2, 0) is 9.53 Å². The van der Waals surface area contributed by atoms with Crippen molar-refractivity contribution in [2.75, 3.05) is 12.4 Å². The molecule has 0 fully saturated rings. The van der Waals surface area contributed by atoms with Crippen molar-refractivity contribution < 1.29 is 27.5 Å². The highest BCUT2D eigenvalue weighted by Crippen LogP contribution is 2.33. The Labute approximate surface area is 147 Å². The summed E-state index contributed by atoms with van der Waals surface area (Å²) in [6, 6.07) is 10.1. The van der Waals surface area contributed by atoms with Gasteiger partial charge in [-0.3, -0.25) is 4.79 Å². The molecular weight excluding hydrogens is 351 g/mol. The van der Waals surface area contributed by atoms with Crippen LogP contribution in [0.4, 0.5) is 19.0 Å². The van der Waals surface area contributed by atoms with Gasteiger partial charge in [0.2, 0.25) is 0 Å². The molecule has 9 heteroatoms. The van der Waals surface area contributed by atoms with E-state index in [9.17, 15) is 22.8 Å². The van der Waals surface area contributed by atoms with Gasteiger partial charge in [-0.2, -0.15) is 13.2 Å². The van der Waals surface area contributed by atoms with Crippen molar-refractivity contribution in [1.29, 1.82) is 0 Å². The number of aromatic nitrogens is 1. The summed E-state index contributed by atoms with van der Waals surface area (Å²) >= 11 is 0. The lowest BCUT2D eigenvalue weighted by molar-refractivity contribution is -0.203. The molecule has 0 saturated heterocycles. The van der Waals surface area contributed by atoms with Gasteiger partial charge in [-0.15, -0.1) is 0 Å². The van der Waals surface area contributed by atoms with Gasteiger partial charge in [0, 0.05) is 11.8 Å². The molecule has 1 aromatic carbocycles. The van der Waals surface area contributed by atoms with Crippen LogP contribution in [-0.4, -0.2) is 35.8 Å². The molecule has 1 amide bonds. The van der Waals surface area contributed by atoms with Crippen molar-refractivity contribution in [3.63, 3.8) is 0 Å². The van der Waals surface area contributed by atoms with E-state index in [1.165, 1.54) is 36.5 Å². The van der Waals surface area contributed by atoms with Crippen LogP contribution in [0.25, 0.3) is 0 Å². The van der Waals surface area contributed by atoms with E-state index in [0.29, 0.717) is 5.56 Å². The van der Waals surface area contributed by atoms with Crippen molar-refractivity contribution in [2.24, 2.45) is 0 Å². The van der Waals surface area contributed by atoms with Gasteiger partial charge >= 0.3 is 17.8 Å². The van der Waals surface area contributed by atoms with Gasteiger partial charge in [0.15, 0.2) is 0 Å². The fourth-order valence-electron chi connectivity index (χ4n) is 2.17. The number of hydrogen-bond donors (Lipinski definition) is 2. The third kappa shape index (κ3) is 3.93. The number of carbonyl (C=O) groups excluding carboxylic acids is 2. The SMILES string of the molecule is COC(=O)[C@@](NC(=O)c1ccccc1)(Nc1cc(C)ccn1)C(F)(F)F. The third-order valence-corrected chi connectivity index (χ3v) is 3.48. The molecule has 0 radical (unpaired) electrons. The molecule has 0 aliphatic carbocycles. The Morgan fingerprint density at radius 1 is 1.12 bits per heavy atom. The van der Waals surface area contributed by atoms with Crippen LogP contribution < -0.4 is 10.6 Å². The third-order valence-electron chi connectivity index (χ3n) is 3.48. The summed E-state index contributed by atoms with van der Waals surface area (Å²) in [6.45, 7) is 1.64. The van der Waals surface area contributed by atoms with Crippen LogP contribution >= 0.6 is 0 Å². The molecule has 0 aliphatic rings. The van der Waals surface area contributed by atoms with Gasteiger partial charge in [-0.25, -0.2) is 9.78 Å². The van der Waals surface area contributed by atoms with Crippen LogP contribution in [0.15, 0.2) is 48.7 Å². The lowest BCUT2D eigenvalue weighted by atomic mass is 10.1. The topological polar surface area (TPSA) is 80.3 Å². The Kier molecular flexibility index (Phi) is 5.49. The van der Waals surface area contributed by atoms with Gasteiger partial charge in [0.05, 0.1) is 7.11 Å². The molecule has 1 aromatic heterocycles. The number of esters is 1. The van der Waals surface area contributed by atoms with E-state index in [-0.39, 0.29) is 11.4 Å². The molecule has 2 rings (SSSR count). The summed E-state index contributed by atoms with van der Waals surface area (Å²) in [7, 11) is 0.794. The summed E-state index contributed by atoms with van der Waals surface area (Å²) < 4.78 is 45.9. The minimum atomic E-state index is -5.21. The van der Waals surface area contributed by atoms with Crippen LogP contribution in [0.3, 0.4) is 0 Å². The van der Waals surface area contributed by atoms with Crippen LogP contribution in [0.1, 0.15) is 15.9 Å². The standard InChI is InChI=1S/C17H16F3N3O3/c1-11-8-9-21-13(10-11)22-16(15(25)26-2,17(18,19)20)23-14(24)12-6-4-3-5-7-12/h3-10H,1-2H3,(H,21,22)(H,23,24)/t16-/m0/s1. The Balaban J connectivity index is 2.49. The van der Waals surface area contributed by atoms with Crippen molar-refractivity contribution in [2.45, 2.75) is 18.8 Å². The number of hydrogen-bond acceptors (Lipinski definition) is 5. The lowest BCUT2D eigenvalue weighted by Crippen LogP contribution is -2.69. The number of carbonyl (C=O) groups is 2. The molecule has 6 nitrogen and oxygen atoms in total. The smallest absolute Gasteiger partial charge is 0.441 e. The molecule has 0 bridgehead atoms. The zero-order valence-electron chi connectivity index (χ0n) is 13.9. The molecule has 0 aliphatic heterocycles. The second-order valence-electron chi connectivity index (χ2n) is 5.40. The van der Waals surface area contributed by atoms with E-state index in [1.807, 2.05) is 5.32 Å². The van der Waals surface area contributed by atoms with Crippen LogP contribution in [0.5, 0.6) is 0 Å². The lowest BCUT2D eigenvalue weighted by Gasteiger charge is -2.34. The largest absolute Gasteiger partial charge is 0.466 e. The average Bonchev–Trinajstić information content (AvgIpc) is 2.60. The van der Waals surface area contributed by atoms with Crippen LogP contribution in [0, 0.1) is 6.92 Å². The molecule has 2 N–H and O–H groups in total. The molecule has 1 heterocycles. The van der Waals surface area contributed by atoms with Crippen molar-refractivity contribution in [3.05, 3.63) is 59.8 Å². The van der Waals surface area contributed by atoms with E-state index >= 15 is 0 Å². The summed E-state index contributed by atoms with van der Waals surface area (Å²) in [4.78, 5) is 28.2. The summed E-state index contributed by atoms with van der Waals surface area (Å²) in [5, 5.41) is 3.70. The monoisotopic (exact) mass is 367 g/mol. The Morgan fingerprint density at radius 3 is 2.31 bits per heavy atom. The first-order valence-corrected chi connectivity index (χ1v) is 7.43. The highest BCUT2D eigenvalue weighted by Gasteiger charge is 2.63. The molecule has 0 unspecified atom stereocenters. The number of anilines is 1. The first-order chi connectivity index (χ1) is 12.2. The maximum atomic E-state index is 13.9. The summed E-state index contributed by atoms with van der Waals surface area (Å²) in [5.74, 6) is -3.08. The molecule has 2 aromatic rings. The fraction of sp³-hybridized carbons (Fsp3) is 0.235. The predicted molar refractivity (Wildman–Crippen MR) is 87.3 cm³/mol. The number of benzene rings is 1. The van der Waals surface area contributed by atoms with Gasteiger partial charge in [-0.1, -0.05) is 18.2 Å². The van der Waals surface area contributed by atoms with Crippen LogP contribution in [0.2, 0.25) is 0 Å². The van der Waals surface area contributed by atoms with E-state index in [0.717, 1.165) is 7.11 Å². The highest BCUT2D eigenvalue weighted by molar-refractivity contribution is 5.99. The van der Waals surface area contributed by atoms with E-state index in [2.05, 4.69) is 9.72 Å². The number of alkyl halides is 3. The normalized spacial score (nSPS) is 13.4. The first-order valence-electron chi connectivity index (χ1n) is 7.43. The number of ether oxygens (including phenoxy) is 1. The molecule has 1 atom stereocenters. The number of methoxy groups -OCH3 is 1. The number of nitrogens with zero attached hydrogens (tertiary/aromatic N) is 1. The minimum absolute atomic E-state index is 0.0518. The number of pyridine rings is 1. The summed E-state index contributed by atoms with van der Waals surface area (Å²) in [6.07, 6.45) is -3.94. The zero-order chi connectivity index (χ0) is 19.4. The maximum absolute atomic E-state index is 13.9. The summed E-state index contributed by atoms with van der Waals surface area (Å²) in [5.41, 5.74) is -2.95. The second kappa shape index (κ2) is 7.42. The molecule has 0 saturated carbocycles. The van der Waals surface area contributed by atoms with Crippen molar-refractivity contribution >= 4 is 17.7 Å². The highest BCUT2D eigenvalue weighted by atomic mass is 19.4. The van der Waals surface area contributed by atoms with Crippen molar-refractivity contribution in [3.8, 4) is 0 Å². The number of aryl methyl sites for hydroxylation is 1. The van der Waals surface area contributed by atoms with E-state index < -0.39 is 23.7 Å². The molecule has 0 spiro atoms. The predicted octanol–water partition coefficient (Wildman–Crippen LogP) is 2.66. The van der Waals surface area contributed by atoms with Gasteiger partial charge in [-0.05, 0) is 36.8 Å². The number of amides is 1. The van der Waals surface area contributed by atoms with Gasteiger partial charge < -0.3 is 15.4 Å². The van der Waals surface area contributed by atoms with E-state index in [1.54, 1.807) is 24.4 Å². The van der Waals surface area contributed by atoms with Crippen molar-refractivity contribution in [1.82, 2.24) is 10.3 Å². The number of halogens is 3.